The van der Waals surface area contributed by atoms with Gasteiger partial charge in [-0.3, -0.25) is 9.97 Å². The molecule has 0 atom stereocenters. The van der Waals surface area contributed by atoms with Gasteiger partial charge < -0.3 is 10.0 Å². The van der Waals surface area contributed by atoms with Crippen molar-refractivity contribution < 1.29 is 10.0 Å². The molecule has 0 bridgehead atoms. The summed E-state index contributed by atoms with van der Waals surface area (Å²) >= 11 is 3.48. The fraction of sp³-hybridized carbons (Fsp3) is 0. The third-order valence-corrected chi connectivity index (χ3v) is 22.7. The molecule has 8 nitrogen and oxygen atoms in total. The zero-order valence-corrected chi connectivity index (χ0v) is 64.2. The highest BCUT2D eigenvalue weighted by atomic mass is 79.9. The van der Waals surface area contributed by atoms with Crippen LogP contribution in [-0.4, -0.2) is 47.1 Å². The van der Waals surface area contributed by atoms with Crippen molar-refractivity contribution in [3.05, 3.63) is 405 Å². The number of hydrogen-bond donors (Lipinski definition) is 2. The summed E-state index contributed by atoms with van der Waals surface area (Å²) in [7, 11) is -1.52. The molecule has 10 heteroatoms. The summed E-state index contributed by atoms with van der Waals surface area (Å²) in [6, 6.07) is 135. The van der Waals surface area contributed by atoms with Gasteiger partial charge in [-0.2, -0.15) is 0 Å². The van der Waals surface area contributed by atoms with E-state index in [-0.39, 0.29) is 0 Å². The van der Waals surface area contributed by atoms with Crippen molar-refractivity contribution >= 4 is 71.6 Å². The topological polar surface area (TPSA) is 118 Å². The molecule has 0 radical (unpaired) electrons. The van der Waals surface area contributed by atoms with Gasteiger partial charge in [0.2, 0.25) is 0 Å². The van der Waals surface area contributed by atoms with Gasteiger partial charge in [0.15, 0.2) is 11.6 Å². The Labute approximate surface area is 680 Å². The van der Waals surface area contributed by atoms with Crippen molar-refractivity contribution in [2.24, 2.45) is 0 Å². The molecule has 2 N–H and O–H groups in total. The van der Waals surface area contributed by atoms with Crippen molar-refractivity contribution in [1.29, 1.82) is 0 Å². The Hall–Kier alpha value is -14.5. The number of fused-ring (bicyclic) bond motifs is 8. The Balaban J connectivity index is 0.000000123. The summed E-state index contributed by atoms with van der Waals surface area (Å²) in [6.07, 6.45) is 3.58. The highest BCUT2D eigenvalue weighted by Gasteiger charge is 2.34. The van der Waals surface area contributed by atoms with Gasteiger partial charge in [-0.1, -0.05) is 356 Å². The van der Waals surface area contributed by atoms with E-state index in [1.54, 1.807) is 12.4 Å². The summed E-state index contributed by atoms with van der Waals surface area (Å²) in [5, 5.41) is 29.7. The maximum absolute atomic E-state index is 10.1. The molecule has 116 heavy (non-hydrogen) atoms. The SMILES string of the molecule is Brc1ccc(-c2cc(-c3ccccn3)nc(-c3ccccc3)n2)cc1.OB(O)c1ccc2c3c(cccc13)-c1c-2c(-c2ccccc2)c2ccccc2c1-c1ccccc1.c1ccc(-c2nc(-c3ccc(-c4ccc5c6c(cccc46)-c4c-5c(-c5ccccc5)c5ccccc5c4-c4ccccc4)cc3)cc(-c3ccccn3)n2)cc1. The largest absolute Gasteiger partial charge is 0.489 e. The second-order valence-corrected chi connectivity index (χ2v) is 29.8. The third-order valence-electron chi connectivity index (χ3n) is 22.2. The van der Waals surface area contributed by atoms with Gasteiger partial charge in [0, 0.05) is 39.1 Å². The number of aromatic nitrogens is 6. The third kappa shape index (κ3) is 12.9. The van der Waals surface area contributed by atoms with Gasteiger partial charge in [0.25, 0.3) is 0 Å². The molecule has 0 unspecified atom stereocenters. The number of nitrogens with zero attached hydrogens (tertiary/aromatic N) is 6. The molecule has 0 fully saturated rings. The van der Waals surface area contributed by atoms with Crippen molar-refractivity contribution in [1.82, 2.24) is 29.9 Å². The number of pyridine rings is 2. The van der Waals surface area contributed by atoms with E-state index < -0.39 is 7.12 Å². The van der Waals surface area contributed by atoms with E-state index in [1.807, 2.05) is 152 Å². The molecule has 0 saturated heterocycles. The molecule has 0 saturated carbocycles. The van der Waals surface area contributed by atoms with Crippen LogP contribution in [-0.2, 0) is 0 Å². The van der Waals surface area contributed by atoms with Crippen LogP contribution in [0.3, 0.4) is 0 Å². The van der Waals surface area contributed by atoms with Crippen molar-refractivity contribution in [2.45, 2.75) is 0 Å². The minimum absolute atomic E-state index is 0.533. The Morgan fingerprint density at radius 2 is 0.509 bits per heavy atom. The summed E-state index contributed by atoms with van der Waals surface area (Å²) in [5.74, 6) is 1.37. The number of halogens is 1. The fourth-order valence-electron chi connectivity index (χ4n) is 17.1. The molecule has 2 aliphatic carbocycles. The molecular weight excluding hydrogens is 1480 g/mol. The van der Waals surface area contributed by atoms with Gasteiger partial charge in [0.1, 0.15) is 0 Å². The second kappa shape index (κ2) is 30.5. The molecule has 4 aromatic heterocycles. The van der Waals surface area contributed by atoms with E-state index in [0.717, 1.165) is 88.4 Å². The summed E-state index contributed by atoms with van der Waals surface area (Å²) < 4.78 is 1.04. The van der Waals surface area contributed by atoms with E-state index in [4.69, 9.17) is 19.9 Å². The molecule has 0 aliphatic heterocycles. The molecule has 0 amide bonds. The predicted octanol–water partition coefficient (Wildman–Crippen LogP) is 26.1. The fourth-order valence-corrected chi connectivity index (χ4v) is 17.3. The highest BCUT2D eigenvalue weighted by molar-refractivity contribution is 9.10. The summed E-state index contributed by atoms with van der Waals surface area (Å²) in [5.41, 5.74) is 31.6. The Bertz CT molecular complexity index is 6820. The first-order valence-corrected chi connectivity index (χ1v) is 39.6. The monoisotopic (exact) mass is 1550 g/mol. The van der Waals surface area contributed by atoms with Gasteiger partial charge in [-0.25, -0.2) is 19.9 Å². The maximum atomic E-state index is 10.1. The number of benzene rings is 16. The molecule has 16 aromatic carbocycles. The van der Waals surface area contributed by atoms with Crippen LogP contribution >= 0.6 is 15.9 Å². The first kappa shape index (κ1) is 70.6. The first-order valence-electron chi connectivity index (χ1n) is 38.8. The Kier molecular flexibility index (Phi) is 18.6. The zero-order chi connectivity index (χ0) is 77.6. The quantitative estimate of drug-likeness (QED) is 0.116. The lowest BCUT2D eigenvalue weighted by molar-refractivity contribution is 0.426. The molecule has 0 spiro atoms. The highest BCUT2D eigenvalue weighted by Crippen LogP contribution is 2.60. The summed E-state index contributed by atoms with van der Waals surface area (Å²) in [4.78, 5) is 28.5. The van der Waals surface area contributed by atoms with Crippen LogP contribution in [0.25, 0.3) is 211 Å². The normalized spacial score (nSPS) is 11.4. The van der Waals surface area contributed by atoms with E-state index in [9.17, 15) is 10.0 Å². The smallest absolute Gasteiger partial charge is 0.423 e. The van der Waals surface area contributed by atoms with E-state index in [0.29, 0.717) is 17.1 Å². The second-order valence-electron chi connectivity index (χ2n) is 28.9. The van der Waals surface area contributed by atoms with Crippen molar-refractivity contribution in [3.8, 4) is 168 Å². The van der Waals surface area contributed by atoms with Crippen molar-refractivity contribution in [2.75, 3.05) is 0 Å². The standard InChI is InChI=1S/C53H33N3.C32H21BO2.C21H14BrN3/c1-4-15-36(16-5-1)48-41-21-10-11-22-42(41)49(37-17-6-2-7-18-37)52-44-31-30-39(40-23-14-24-43(50(40)44)51(48)52)34-26-28-35(29-27-34)46-33-47(45-25-12-13-32-54-45)56-53(55-46)38-19-8-3-9-20-38;34-33(35)27-19-18-26-30-24(27)16-9-17-25(30)31-28(20-10-3-1-4-11-20)22-14-7-8-15-23(22)29(32(26)31)21-12-5-2-6-13-21;22-17-11-9-15(10-12-17)19-14-20(18-8-4-5-13-23-18)25-21(24-19)16-6-2-1-3-7-16/h1-33H;1-19,34-35H;1-14H. The lowest BCUT2D eigenvalue weighted by Gasteiger charge is -2.20. The van der Waals surface area contributed by atoms with Crippen LogP contribution < -0.4 is 5.46 Å². The minimum Gasteiger partial charge on any atom is -0.423 e. The zero-order valence-electron chi connectivity index (χ0n) is 62.6. The Morgan fingerprint density at radius 3 is 0.888 bits per heavy atom. The number of hydrogen-bond acceptors (Lipinski definition) is 8. The molecule has 544 valence electrons. The van der Waals surface area contributed by atoms with Crippen LogP contribution in [0.15, 0.2) is 405 Å². The van der Waals surface area contributed by atoms with Crippen LogP contribution in [0.5, 0.6) is 0 Å². The van der Waals surface area contributed by atoms with Crippen LogP contribution in [0.4, 0.5) is 0 Å². The summed E-state index contributed by atoms with van der Waals surface area (Å²) in [6.45, 7) is 0. The maximum Gasteiger partial charge on any atom is 0.489 e. The predicted molar refractivity (Wildman–Crippen MR) is 482 cm³/mol. The lowest BCUT2D eigenvalue weighted by atomic mass is 9.76. The van der Waals surface area contributed by atoms with Crippen LogP contribution in [0, 0.1) is 0 Å². The van der Waals surface area contributed by atoms with E-state index in [2.05, 4.69) is 262 Å². The molecule has 22 rings (SSSR count). The first-order chi connectivity index (χ1) is 57.3. The molecule has 4 heterocycles. The van der Waals surface area contributed by atoms with Crippen molar-refractivity contribution in [3.63, 3.8) is 0 Å². The number of rotatable bonds is 12. The lowest BCUT2D eigenvalue weighted by Crippen LogP contribution is -2.30. The molecular formula is C106H68BBrN6O2. The average molecular weight is 1550 g/mol. The average Bonchev–Trinajstić information content (AvgIpc) is 1.56. The minimum atomic E-state index is -1.52. The van der Waals surface area contributed by atoms with E-state index in [1.165, 1.54) is 116 Å². The van der Waals surface area contributed by atoms with E-state index >= 15 is 0 Å². The molecule has 20 aromatic rings. The molecule has 2 aliphatic rings. The van der Waals surface area contributed by atoms with Crippen LogP contribution in [0.1, 0.15) is 0 Å². The van der Waals surface area contributed by atoms with Gasteiger partial charge in [-0.05, 0) is 197 Å². The Morgan fingerprint density at radius 1 is 0.207 bits per heavy atom. The van der Waals surface area contributed by atoms with Crippen LogP contribution in [0.2, 0.25) is 0 Å². The van der Waals surface area contributed by atoms with Gasteiger partial charge in [-0.15, -0.1) is 0 Å². The van der Waals surface area contributed by atoms with Gasteiger partial charge in [0.05, 0.1) is 34.2 Å². The van der Waals surface area contributed by atoms with Gasteiger partial charge >= 0.3 is 7.12 Å².